The van der Waals surface area contributed by atoms with E-state index >= 15 is 0 Å². The number of amides is 1. The smallest absolute Gasteiger partial charge is 0.234 e. The first-order valence-corrected chi connectivity index (χ1v) is 7.02. The molecule has 4 heteroatoms. The van der Waals surface area contributed by atoms with Crippen molar-refractivity contribution in [2.45, 2.75) is 19.3 Å². The minimum Gasteiger partial charge on any atom is -0.324 e. The molecule has 2 rings (SSSR count). The lowest BCUT2D eigenvalue weighted by molar-refractivity contribution is -0.120. The van der Waals surface area contributed by atoms with Gasteiger partial charge in [0.1, 0.15) is 5.82 Å². The maximum atomic E-state index is 13.0. The van der Waals surface area contributed by atoms with Crippen molar-refractivity contribution < 1.29 is 9.18 Å². The van der Waals surface area contributed by atoms with Gasteiger partial charge in [-0.2, -0.15) is 0 Å². The number of carbonyl (C=O) groups excluding carboxylic acids is 1. The fourth-order valence-electron chi connectivity index (χ4n) is 1.86. The zero-order valence-corrected chi connectivity index (χ0v) is 12.9. The van der Waals surface area contributed by atoms with E-state index in [-0.39, 0.29) is 11.7 Å². The van der Waals surface area contributed by atoms with Gasteiger partial charge in [0.2, 0.25) is 5.91 Å². The van der Waals surface area contributed by atoms with E-state index in [0.29, 0.717) is 10.2 Å². The molecule has 0 bridgehead atoms. The van der Waals surface area contributed by atoms with E-state index in [9.17, 15) is 9.18 Å². The second-order valence-corrected chi connectivity index (χ2v) is 5.92. The van der Waals surface area contributed by atoms with Crippen LogP contribution in [0.1, 0.15) is 19.4 Å². The van der Waals surface area contributed by atoms with Gasteiger partial charge in [-0.1, -0.05) is 30.3 Å². The largest absolute Gasteiger partial charge is 0.324 e. The summed E-state index contributed by atoms with van der Waals surface area (Å²) in [6.45, 7) is 3.71. The quantitative estimate of drug-likeness (QED) is 0.878. The monoisotopic (exact) mass is 335 g/mol. The maximum Gasteiger partial charge on any atom is 0.234 e. The zero-order valence-electron chi connectivity index (χ0n) is 11.3. The summed E-state index contributed by atoms with van der Waals surface area (Å²) in [6.07, 6.45) is 0. The van der Waals surface area contributed by atoms with Crippen LogP contribution in [0.5, 0.6) is 0 Å². The van der Waals surface area contributed by atoms with Crippen molar-refractivity contribution in [3.63, 3.8) is 0 Å². The third-order valence-electron chi connectivity index (χ3n) is 3.24. The van der Waals surface area contributed by atoms with E-state index < -0.39 is 5.41 Å². The first-order chi connectivity index (χ1) is 9.41. The Morgan fingerprint density at radius 1 is 1.15 bits per heavy atom. The highest BCUT2D eigenvalue weighted by molar-refractivity contribution is 9.10. The summed E-state index contributed by atoms with van der Waals surface area (Å²) in [5, 5.41) is 2.82. The summed E-state index contributed by atoms with van der Waals surface area (Å²) in [4.78, 5) is 12.4. The summed E-state index contributed by atoms with van der Waals surface area (Å²) in [5.41, 5.74) is 0.811. The summed E-state index contributed by atoms with van der Waals surface area (Å²) >= 11 is 3.24. The van der Waals surface area contributed by atoms with E-state index in [4.69, 9.17) is 0 Å². The topological polar surface area (TPSA) is 29.1 Å². The van der Waals surface area contributed by atoms with Gasteiger partial charge in [0.15, 0.2) is 0 Å². The number of rotatable bonds is 3. The fourth-order valence-corrected chi connectivity index (χ4v) is 2.31. The van der Waals surface area contributed by atoms with E-state index in [0.717, 1.165) is 5.56 Å². The van der Waals surface area contributed by atoms with Crippen LogP contribution >= 0.6 is 15.9 Å². The Labute approximate surface area is 126 Å². The molecule has 1 N–H and O–H groups in total. The number of nitrogens with one attached hydrogen (secondary N) is 1. The SMILES string of the molecule is CC(C)(C(=O)Nc1ccc(F)cc1Br)c1ccccc1. The van der Waals surface area contributed by atoms with Crippen LogP contribution in [0.15, 0.2) is 53.0 Å². The normalized spacial score (nSPS) is 11.2. The van der Waals surface area contributed by atoms with E-state index in [1.54, 1.807) is 6.07 Å². The molecule has 20 heavy (non-hydrogen) atoms. The Kier molecular flexibility index (Phi) is 4.23. The molecule has 0 aliphatic rings. The van der Waals surface area contributed by atoms with Crippen LogP contribution in [-0.2, 0) is 10.2 Å². The van der Waals surface area contributed by atoms with Crippen LogP contribution in [0.4, 0.5) is 10.1 Å². The molecule has 1 amide bonds. The lowest BCUT2D eigenvalue weighted by Crippen LogP contribution is -2.34. The van der Waals surface area contributed by atoms with Crippen molar-refractivity contribution in [1.82, 2.24) is 0 Å². The number of hydrogen-bond donors (Lipinski definition) is 1. The molecule has 0 unspecified atom stereocenters. The molecule has 0 atom stereocenters. The third kappa shape index (κ3) is 3.07. The molecule has 2 aromatic rings. The molecule has 0 heterocycles. The second-order valence-electron chi connectivity index (χ2n) is 5.07. The van der Waals surface area contributed by atoms with Crippen LogP contribution < -0.4 is 5.32 Å². The second kappa shape index (κ2) is 5.75. The first-order valence-electron chi connectivity index (χ1n) is 6.23. The Morgan fingerprint density at radius 2 is 1.80 bits per heavy atom. The molecule has 0 spiro atoms. The Hall–Kier alpha value is -1.68. The fraction of sp³-hybridized carbons (Fsp3) is 0.188. The van der Waals surface area contributed by atoms with E-state index in [2.05, 4.69) is 21.2 Å². The Bertz CT molecular complexity index is 626. The Morgan fingerprint density at radius 3 is 2.40 bits per heavy atom. The molecule has 0 fully saturated rings. The van der Waals surface area contributed by atoms with Gasteiger partial charge < -0.3 is 5.32 Å². The van der Waals surface area contributed by atoms with E-state index in [1.165, 1.54) is 12.1 Å². The van der Waals surface area contributed by atoms with Gasteiger partial charge >= 0.3 is 0 Å². The lowest BCUT2D eigenvalue weighted by atomic mass is 9.83. The molecule has 0 aromatic heterocycles. The highest BCUT2D eigenvalue weighted by Crippen LogP contribution is 2.28. The summed E-state index contributed by atoms with van der Waals surface area (Å²) in [5.74, 6) is -0.492. The molecule has 2 aromatic carbocycles. The van der Waals surface area contributed by atoms with Gasteiger partial charge in [-0.3, -0.25) is 4.79 Å². The highest BCUT2D eigenvalue weighted by atomic mass is 79.9. The minimum atomic E-state index is -0.672. The molecule has 0 radical (unpaired) electrons. The standard InChI is InChI=1S/C16H15BrFNO/c1-16(2,11-6-4-3-5-7-11)15(20)19-14-9-8-12(18)10-13(14)17/h3-10H,1-2H3,(H,19,20). The first kappa shape index (κ1) is 14.7. The van der Waals surface area contributed by atoms with Gasteiger partial charge in [-0.05, 0) is 53.5 Å². The number of halogens is 2. The minimum absolute atomic E-state index is 0.143. The summed E-state index contributed by atoms with van der Waals surface area (Å²) in [7, 11) is 0. The van der Waals surface area contributed by atoms with Crippen molar-refractivity contribution in [2.75, 3.05) is 5.32 Å². The molecular formula is C16H15BrFNO. The molecule has 0 saturated heterocycles. The van der Waals surface area contributed by atoms with E-state index in [1.807, 2.05) is 44.2 Å². The average molecular weight is 336 g/mol. The number of hydrogen-bond acceptors (Lipinski definition) is 1. The number of anilines is 1. The summed E-state index contributed by atoms with van der Waals surface area (Å²) < 4.78 is 13.6. The Balaban J connectivity index is 2.23. The average Bonchev–Trinajstić information content (AvgIpc) is 2.42. The predicted molar refractivity (Wildman–Crippen MR) is 82.2 cm³/mol. The number of benzene rings is 2. The van der Waals surface area contributed by atoms with Crippen molar-refractivity contribution in [3.8, 4) is 0 Å². The molecule has 2 nitrogen and oxygen atoms in total. The molecule has 0 aliphatic heterocycles. The summed E-state index contributed by atoms with van der Waals surface area (Å²) in [6, 6.07) is 13.7. The van der Waals surface area contributed by atoms with Crippen LogP contribution in [0.3, 0.4) is 0 Å². The van der Waals surface area contributed by atoms with Crippen molar-refractivity contribution in [2.24, 2.45) is 0 Å². The lowest BCUT2D eigenvalue weighted by Gasteiger charge is -2.24. The van der Waals surface area contributed by atoms with Gasteiger partial charge in [-0.25, -0.2) is 4.39 Å². The molecule has 0 aliphatic carbocycles. The van der Waals surface area contributed by atoms with Crippen LogP contribution in [0, 0.1) is 5.82 Å². The third-order valence-corrected chi connectivity index (χ3v) is 3.90. The van der Waals surface area contributed by atoms with Crippen molar-refractivity contribution in [3.05, 3.63) is 64.4 Å². The van der Waals surface area contributed by atoms with Crippen molar-refractivity contribution in [1.29, 1.82) is 0 Å². The van der Waals surface area contributed by atoms with Crippen LogP contribution in [-0.4, -0.2) is 5.91 Å². The maximum absolute atomic E-state index is 13.0. The molecule has 0 saturated carbocycles. The number of carbonyl (C=O) groups is 1. The van der Waals surface area contributed by atoms with Crippen LogP contribution in [0.25, 0.3) is 0 Å². The van der Waals surface area contributed by atoms with Gasteiger partial charge in [0.25, 0.3) is 0 Å². The van der Waals surface area contributed by atoms with Crippen molar-refractivity contribution >= 4 is 27.5 Å². The van der Waals surface area contributed by atoms with Gasteiger partial charge in [-0.15, -0.1) is 0 Å². The van der Waals surface area contributed by atoms with Gasteiger partial charge in [0, 0.05) is 4.47 Å². The van der Waals surface area contributed by atoms with Gasteiger partial charge in [0.05, 0.1) is 11.1 Å². The molecular weight excluding hydrogens is 321 g/mol. The predicted octanol–water partition coefficient (Wildman–Crippen LogP) is 4.50. The van der Waals surface area contributed by atoms with Crippen LogP contribution in [0.2, 0.25) is 0 Å². The molecule has 104 valence electrons. The highest BCUT2D eigenvalue weighted by Gasteiger charge is 2.29. The zero-order chi connectivity index (χ0) is 14.8.